The van der Waals surface area contributed by atoms with E-state index in [9.17, 15) is 0 Å². The lowest BCUT2D eigenvalue weighted by Crippen LogP contribution is -2.22. The van der Waals surface area contributed by atoms with Gasteiger partial charge in [-0.2, -0.15) is 0 Å². The van der Waals surface area contributed by atoms with Crippen LogP contribution in [0.25, 0.3) is 0 Å². The summed E-state index contributed by atoms with van der Waals surface area (Å²) < 4.78 is 0. The monoisotopic (exact) mass is 224 g/mol. The molecule has 1 fully saturated rings. The Hall–Kier alpha value is -0.730. The minimum atomic E-state index is 0.547. The Kier molecular flexibility index (Phi) is 3.17. The first-order valence-corrected chi connectivity index (χ1v) is 5.78. The first-order chi connectivity index (χ1) is 7.22. The Morgan fingerprint density at radius 2 is 2.20 bits per heavy atom. The molecule has 1 saturated carbocycles. The summed E-state index contributed by atoms with van der Waals surface area (Å²) in [5.74, 6) is 0.858. The van der Waals surface area contributed by atoms with Gasteiger partial charge < -0.3 is 10.6 Å². The molecule has 15 heavy (non-hydrogen) atoms. The molecular weight excluding hydrogens is 208 g/mol. The molecule has 0 atom stereocenters. The number of hydrogen-bond acceptors (Lipinski definition) is 2. The molecule has 0 aliphatic heterocycles. The standard InChI is InChI=1S/C12H17ClN2/c1-15(8-9-5-6-9)12-10(7-14)3-2-4-11(12)13/h2-4,9H,5-8,14H2,1H3. The molecule has 0 amide bonds. The summed E-state index contributed by atoms with van der Waals surface area (Å²) in [5, 5.41) is 0.807. The van der Waals surface area contributed by atoms with Crippen molar-refractivity contribution in [2.45, 2.75) is 19.4 Å². The molecule has 1 aliphatic carbocycles. The summed E-state index contributed by atoms with van der Waals surface area (Å²) in [5.41, 5.74) is 7.95. The zero-order valence-corrected chi connectivity index (χ0v) is 9.80. The summed E-state index contributed by atoms with van der Waals surface area (Å²) in [4.78, 5) is 2.24. The van der Waals surface area contributed by atoms with E-state index >= 15 is 0 Å². The van der Waals surface area contributed by atoms with Crippen molar-refractivity contribution in [2.24, 2.45) is 11.7 Å². The largest absolute Gasteiger partial charge is 0.373 e. The van der Waals surface area contributed by atoms with Crippen LogP contribution in [0.4, 0.5) is 5.69 Å². The van der Waals surface area contributed by atoms with Crippen molar-refractivity contribution < 1.29 is 0 Å². The predicted molar refractivity (Wildman–Crippen MR) is 65.3 cm³/mol. The number of rotatable bonds is 4. The second-order valence-electron chi connectivity index (χ2n) is 4.28. The molecule has 0 bridgehead atoms. The van der Waals surface area contributed by atoms with Crippen molar-refractivity contribution >= 4 is 17.3 Å². The molecule has 2 N–H and O–H groups in total. The highest BCUT2D eigenvalue weighted by Gasteiger charge is 2.24. The number of nitrogens with zero attached hydrogens (tertiary/aromatic N) is 1. The van der Waals surface area contributed by atoms with Crippen LogP contribution in [0, 0.1) is 5.92 Å². The number of halogens is 1. The van der Waals surface area contributed by atoms with Crippen molar-refractivity contribution in [1.82, 2.24) is 0 Å². The molecule has 0 spiro atoms. The van der Waals surface area contributed by atoms with E-state index in [4.69, 9.17) is 17.3 Å². The fourth-order valence-corrected chi connectivity index (χ4v) is 2.27. The first-order valence-electron chi connectivity index (χ1n) is 5.41. The average molecular weight is 225 g/mol. The molecule has 0 unspecified atom stereocenters. The normalized spacial score (nSPS) is 15.4. The SMILES string of the molecule is CN(CC1CC1)c1c(Cl)cccc1CN. The van der Waals surface area contributed by atoms with Crippen molar-refractivity contribution in [3.05, 3.63) is 28.8 Å². The molecule has 2 nitrogen and oxygen atoms in total. The average Bonchev–Trinajstić information content (AvgIpc) is 3.00. The van der Waals surface area contributed by atoms with Crippen LogP contribution >= 0.6 is 11.6 Å². The van der Waals surface area contributed by atoms with Crippen molar-refractivity contribution in [2.75, 3.05) is 18.5 Å². The molecular formula is C12H17ClN2. The van der Waals surface area contributed by atoms with E-state index in [1.807, 2.05) is 18.2 Å². The fourth-order valence-electron chi connectivity index (χ4n) is 1.93. The Balaban J connectivity index is 2.22. The summed E-state index contributed by atoms with van der Waals surface area (Å²) in [6, 6.07) is 5.93. The van der Waals surface area contributed by atoms with Gasteiger partial charge >= 0.3 is 0 Å². The highest BCUT2D eigenvalue weighted by Crippen LogP contribution is 2.34. The van der Waals surface area contributed by atoms with Crippen LogP contribution in [0.1, 0.15) is 18.4 Å². The van der Waals surface area contributed by atoms with Gasteiger partial charge in [-0.15, -0.1) is 0 Å². The third-order valence-corrected chi connectivity index (χ3v) is 3.21. The van der Waals surface area contributed by atoms with Gasteiger partial charge in [0.15, 0.2) is 0 Å². The third kappa shape index (κ3) is 2.44. The maximum absolute atomic E-state index is 6.21. The van der Waals surface area contributed by atoms with Gasteiger partial charge in [0.25, 0.3) is 0 Å². The quantitative estimate of drug-likeness (QED) is 0.852. The van der Waals surface area contributed by atoms with Crippen molar-refractivity contribution in [1.29, 1.82) is 0 Å². The van der Waals surface area contributed by atoms with E-state index in [-0.39, 0.29) is 0 Å². The Labute approximate surface area is 96.0 Å². The molecule has 0 radical (unpaired) electrons. The van der Waals surface area contributed by atoms with Gasteiger partial charge in [0.05, 0.1) is 10.7 Å². The number of para-hydroxylation sites is 1. The van der Waals surface area contributed by atoms with Crippen molar-refractivity contribution in [3.8, 4) is 0 Å². The second-order valence-corrected chi connectivity index (χ2v) is 4.68. The maximum atomic E-state index is 6.21. The number of benzene rings is 1. The lowest BCUT2D eigenvalue weighted by atomic mass is 10.1. The molecule has 0 heterocycles. The summed E-state index contributed by atoms with van der Waals surface area (Å²) in [6.07, 6.45) is 2.71. The molecule has 3 heteroatoms. The topological polar surface area (TPSA) is 29.3 Å². The van der Waals surface area contributed by atoms with Gasteiger partial charge in [-0.05, 0) is 30.4 Å². The van der Waals surface area contributed by atoms with Crippen LogP contribution in [0.5, 0.6) is 0 Å². The van der Waals surface area contributed by atoms with Gasteiger partial charge in [-0.25, -0.2) is 0 Å². The molecule has 0 saturated heterocycles. The lowest BCUT2D eigenvalue weighted by Gasteiger charge is -2.23. The minimum Gasteiger partial charge on any atom is -0.373 e. The van der Waals surface area contributed by atoms with Gasteiger partial charge in [-0.3, -0.25) is 0 Å². The molecule has 1 aliphatic rings. The highest BCUT2D eigenvalue weighted by atomic mass is 35.5. The summed E-state index contributed by atoms with van der Waals surface area (Å²) in [7, 11) is 2.10. The number of anilines is 1. The van der Waals surface area contributed by atoms with E-state index in [0.29, 0.717) is 6.54 Å². The Bertz CT molecular complexity index is 347. The molecule has 1 aromatic rings. The summed E-state index contributed by atoms with van der Waals surface area (Å²) >= 11 is 6.21. The van der Waals surface area contributed by atoms with Gasteiger partial charge in [-0.1, -0.05) is 23.7 Å². The molecule has 1 aromatic carbocycles. The summed E-state index contributed by atoms with van der Waals surface area (Å²) in [6.45, 7) is 1.64. The molecule has 2 rings (SSSR count). The lowest BCUT2D eigenvalue weighted by molar-refractivity contribution is 0.782. The number of hydrogen-bond donors (Lipinski definition) is 1. The van der Waals surface area contributed by atoms with E-state index in [2.05, 4.69) is 11.9 Å². The van der Waals surface area contributed by atoms with Gasteiger partial charge in [0.1, 0.15) is 0 Å². The van der Waals surface area contributed by atoms with Crippen LogP contribution < -0.4 is 10.6 Å². The van der Waals surface area contributed by atoms with Crippen LogP contribution in [-0.4, -0.2) is 13.6 Å². The van der Waals surface area contributed by atoms with Gasteiger partial charge in [0, 0.05) is 20.1 Å². The highest BCUT2D eigenvalue weighted by molar-refractivity contribution is 6.33. The first kappa shape index (κ1) is 10.8. The van der Waals surface area contributed by atoms with E-state index in [1.54, 1.807) is 0 Å². The predicted octanol–water partition coefficient (Wildman–Crippen LogP) is 2.64. The van der Waals surface area contributed by atoms with Crippen LogP contribution in [-0.2, 0) is 6.54 Å². The second kappa shape index (κ2) is 4.42. The Morgan fingerprint density at radius 1 is 1.47 bits per heavy atom. The van der Waals surface area contributed by atoms with Gasteiger partial charge in [0.2, 0.25) is 0 Å². The third-order valence-electron chi connectivity index (χ3n) is 2.90. The van der Waals surface area contributed by atoms with E-state index < -0.39 is 0 Å². The van der Waals surface area contributed by atoms with Crippen LogP contribution in [0.3, 0.4) is 0 Å². The van der Waals surface area contributed by atoms with Crippen molar-refractivity contribution in [3.63, 3.8) is 0 Å². The maximum Gasteiger partial charge on any atom is 0.0642 e. The number of nitrogens with two attached hydrogens (primary N) is 1. The Morgan fingerprint density at radius 3 is 2.80 bits per heavy atom. The van der Waals surface area contributed by atoms with E-state index in [0.717, 1.165) is 28.7 Å². The van der Waals surface area contributed by atoms with Crippen LogP contribution in [0.15, 0.2) is 18.2 Å². The molecule has 0 aromatic heterocycles. The minimum absolute atomic E-state index is 0.547. The van der Waals surface area contributed by atoms with Crippen LogP contribution in [0.2, 0.25) is 5.02 Å². The molecule has 82 valence electrons. The zero-order valence-electron chi connectivity index (χ0n) is 9.04. The smallest absolute Gasteiger partial charge is 0.0642 e. The fraction of sp³-hybridized carbons (Fsp3) is 0.500. The zero-order chi connectivity index (χ0) is 10.8. The van der Waals surface area contributed by atoms with E-state index in [1.165, 1.54) is 12.8 Å².